The predicted molar refractivity (Wildman–Crippen MR) is 64.1 cm³/mol. The number of nitrogens with zero attached hydrogens (tertiary/aromatic N) is 1. The highest BCUT2D eigenvalue weighted by Crippen LogP contribution is 2.44. The lowest BCUT2D eigenvalue weighted by molar-refractivity contribution is -0.116. The molecule has 3 rings (SSSR count). The third kappa shape index (κ3) is 1.87. The summed E-state index contributed by atoms with van der Waals surface area (Å²) in [5, 5.41) is 10.2. The van der Waals surface area contributed by atoms with Crippen LogP contribution in [0.4, 0.5) is 0 Å². The molecule has 16 heavy (non-hydrogen) atoms. The minimum Gasteiger partial charge on any atom is -0.387 e. The van der Waals surface area contributed by atoms with E-state index in [1.807, 2.05) is 0 Å². The van der Waals surface area contributed by atoms with E-state index in [-0.39, 0.29) is 5.60 Å². The summed E-state index contributed by atoms with van der Waals surface area (Å²) in [7, 11) is 0. The Kier molecular flexibility index (Phi) is 2.30. The molecule has 86 valence electrons. The first kappa shape index (κ1) is 10.3. The van der Waals surface area contributed by atoms with Crippen molar-refractivity contribution in [2.45, 2.75) is 31.9 Å². The number of aliphatic hydroxyl groups is 1. The second-order valence-corrected chi connectivity index (χ2v) is 5.51. The van der Waals surface area contributed by atoms with E-state index >= 15 is 0 Å². The lowest BCUT2D eigenvalue weighted by Gasteiger charge is -2.47. The Labute approximate surface area is 96.9 Å². The van der Waals surface area contributed by atoms with Crippen molar-refractivity contribution < 1.29 is 5.11 Å². The smallest absolute Gasteiger partial charge is 0.0928 e. The van der Waals surface area contributed by atoms with Crippen molar-refractivity contribution in [1.29, 1.82) is 0 Å². The average Bonchev–Trinajstić information content (AvgIpc) is 2.98. The molecular weight excluding hydrogens is 198 g/mol. The number of β-amino-alcohol motifs (C(OH)–C–C–N with tert-alkyl or cyclic N) is 1. The normalized spacial score (nSPS) is 24.1. The van der Waals surface area contributed by atoms with Crippen molar-refractivity contribution in [1.82, 2.24) is 4.90 Å². The lowest BCUT2D eigenvalue weighted by atomic mass is 9.88. The van der Waals surface area contributed by atoms with Gasteiger partial charge in [0.15, 0.2) is 0 Å². The Morgan fingerprint density at radius 3 is 2.75 bits per heavy atom. The molecule has 2 nitrogen and oxygen atoms in total. The van der Waals surface area contributed by atoms with Crippen LogP contribution in [-0.4, -0.2) is 28.7 Å². The standard InChI is InChI=1S/C14H19NO/c1-11-3-2-4-12(7-11)8-15-9-14(16,10-15)13-5-6-13/h2-4,7,13,16H,5-6,8-10H2,1H3. The van der Waals surface area contributed by atoms with Gasteiger partial charge in [-0.05, 0) is 31.2 Å². The zero-order chi connectivity index (χ0) is 11.2. The summed E-state index contributed by atoms with van der Waals surface area (Å²) in [6, 6.07) is 8.63. The fourth-order valence-corrected chi connectivity index (χ4v) is 2.79. The minimum absolute atomic E-state index is 0.343. The highest BCUT2D eigenvalue weighted by molar-refractivity contribution is 5.22. The van der Waals surface area contributed by atoms with Crippen molar-refractivity contribution in [2.24, 2.45) is 5.92 Å². The number of likely N-dealkylation sites (tertiary alicyclic amines) is 1. The van der Waals surface area contributed by atoms with Gasteiger partial charge in [-0.15, -0.1) is 0 Å². The van der Waals surface area contributed by atoms with Crippen LogP contribution < -0.4 is 0 Å². The van der Waals surface area contributed by atoms with Gasteiger partial charge in [-0.2, -0.15) is 0 Å². The van der Waals surface area contributed by atoms with Crippen LogP contribution in [0.15, 0.2) is 24.3 Å². The number of hydrogen-bond acceptors (Lipinski definition) is 2. The largest absolute Gasteiger partial charge is 0.387 e. The fourth-order valence-electron chi connectivity index (χ4n) is 2.79. The summed E-state index contributed by atoms with van der Waals surface area (Å²) in [4.78, 5) is 2.34. The molecule has 0 bridgehead atoms. The molecule has 1 saturated heterocycles. The van der Waals surface area contributed by atoms with Crippen LogP contribution in [0, 0.1) is 12.8 Å². The average molecular weight is 217 g/mol. The van der Waals surface area contributed by atoms with Crippen molar-refractivity contribution in [2.75, 3.05) is 13.1 Å². The molecule has 1 saturated carbocycles. The zero-order valence-corrected chi connectivity index (χ0v) is 9.82. The van der Waals surface area contributed by atoms with E-state index in [4.69, 9.17) is 0 Å². The molecule has 2 fully saturated rings. The van der Waals surface area contributed by atoms with Gasteiger partial charge in [-0.3, -0.25) is 4.90 Å². The molecule has 1 aromatic rings. The summed E-state index contributed by atoms with van der Waals surface area (Å²) < 4.78 is 0. The van der Waals surface area contributed by atoms with E-state index in [1.54, 1.807) is 0 Å². The molecule has 0 radical (unpaired) electrons. The second-order valence-electron chi connectivity index (χ2n) is 5.51. The van der Waals surface area contributed by atoms with Crippen LogP contribution in [0.1, 0.15) is 24.0 Å². The Balaban J connectivity index is 1.58. The summed E-state index contributed by atoms with van der Waals surface area (Å²) in [6.07, 6.45) is 2.46. The highest BCUT2D eigenvalue weighted by atomic mass is 16.3. The molecule has 0 aromatic heterocycles. The summed E-state index contributed by atoms with van der Waals surface area (Å²) >= 11 is 0. The van der Waals surface area contributed by atoms with E-state index < -0.39 is 0 Å². The van der Waals surface area contributed by atoms with Gasteiger partial charge < -0.3 is 5.11 Å². The maximum atomic E-state index is 10.2. The van der Waals surface area contributed by atoms with E-state index in [0.29, 0.717) is 5.92 Å². The van der Waals surface area contributed by atoms with Crippen LogP contribution in [0.3, 0.4) is 0 Å². The van der Waals surface area contributed by atoms with Gasteiger partial charge in [0.2, 0.25) is 0 Å². The topological polar surface area (TPSA) is 23.5 Å². The maximum Gasteiger partial charge on any atom is 0.0928 e. The molecule has 1 aliphatic carbocycles. The molecule has 1 heterocycles. The van der Waals surface area contributed by atoms with Gasteiger partial charge in [0.25, 0.3) is 0 Å². The molecule has 0 atom stereocenters. The first-order chi connectivity index (χ1) is 7.66. The van der Waals surface area contributed by atoms with Crippen LogP contribution in [-0.2, 0) is 6.54 Å². The number of rotatable bonds is 3. The van der Waals surface area contributed by atoms with Gasteiger partial charge in [-0.25, -0.2) is 0 Å². The summed E-state index contributed by atoms with van der Waals surface area (Å²) in [5.74, 6) is 0.598. The Morgan fingerprint density at radius 1 is 1.38 bits per heavy atom. The van der Waals surface area contributed by atoms with Crippen molar-refractivity contribution in [3.05, 3.63) is 35.4 Å². The Morgan fingerprint density at radius 2 is 2.12 bits per heavy atom. The van der Waals surface area contributed by atoms with Crippen molar-refractivity contribution in [3.63, 3.8) is 0 Å². The van der Waals surface area contributed by atoms with Crippen LogP contribution >= 0.6 is 0 Å². The molecule has 2 heteroatoms. The first-order valence-electron chi connectivity index (χ1n) is 6.16. The number of benzene rings is 1. The van der Waals surface area contributed by atoms with Gasteiger partial charge in [0.05, 0.1) is 5.60 Å². The maximum absolute atomic E-state index is 10.2. The summed E-state index contributed by atoms with van der Waals surface area (Å²) in [5.41, 5.74) is 2.33. The molecule has 0 amide bonds. The SMILES string of the molecule is Cc1cccc(CN2CC(O)(C3CC3)C2)c1. The van der Waals surface area contributed by atoms with E-state index in [1.165, 1.54) is 24.0 Å². The Bertz CT molecular complexity index is 391. The number of hydrogen-bond donors (Lipinski definition) is 1. The highest BCUT2D eigenvalue weighted by Gasteiger charge is 2.51. The number of aryl methyl sites for hydroxylation is 1. The molecule has 0 spiro atoms. The summed E-state index contributed by atoms with van der Waals surface area (Å²) in [6.45, 7) is 4.84. The monoisotopic (exact) mass is 217 g/mol. The quantitative estimate of drug-likeness (QED) is 0.836. The van der Waals surface area contributed by atoms with E-state index in [2.05, 4.69) is 36.1 Å². The van der Waals surface area contributed by atoms with Crippen LogP contribution in [0.5, 0.6) is 0 Å². The lowest BCUT2D eigenvalue weighted by Crippen LogP contribution is -2.62. The third-order valence-corrected chi connectivity index (χ3v) is 3.82. The molecule has 1 aliphatic heterocycles. The van der Waals surface area contributed by atoms with Gasteiger partial charge in [0, 0.05) is 19.6 Å². The van der Waals surface area contributed by atoms with Crippen molar-refractivity contribution in [3.8, 4) is 0 Å². The van der Waals surface area contributed by atoms with E-state index in [9.17, 15) is 5.11 Å². The van der Waals surface area contributed by atoms with Gasteiger partial charge in [0.1, 0.15) is 0 Å². The van der Waals surface area contributed by atoms with Gasteiger partial charge >= 0.3 is 0 Å². The third-order valence-electron chi connectivity index (χ3n) is 3.82. The van der Waals surface area contributed by atoms with Gasteiger partial charge in [-0.1, -0.05) is 29.8 Å². The molecular formula is C14H19NO. The Hall–Kier alpha value is -0.860. The minimum atomic E-state index is -0.343. The molecule has 0 unspecified atom stereocenters. The molecule has 1 N–H and O–H groups in total. The second kappa shape index (κ2) is 3.57. The first-order valence-corrected chi connectivity index (χ1v) is 6.16. The van der Waals surface area contributed by atoms with E-state index in [0.717, 1.165) is 19.6 Å². The molecule has 1 aromatic carbocycles. The van der Waals surface area contributed by atoms with Crippen LogP contribution in [0.25, 0.3) is 0 Å². The fraction of sp³-hybridized carbons (Fsp3) is 0.571. The molecule has 2 aliphatic rings. The van der Waals surface area contributed by atoms with Crippen molar-refractivity contribution >= 4 is 0 Å². The zero-order valence-electron chi connectivity index (χ0n) is 9.82. The van der Waals surface area contributed by atoms with Crippen LogP contribution in [0.2, 0.25) is 0 Å². The predicted octanol–water partition coefficient (Wildman–Crippen LogP) is 1.95.